The molecule has 1 aliphatic heterocycles. The largest absolute Gasteiger partial charge is 0.481 e. The third kappa shape index (κ3) is 7.22. The van der Waals surface area contributed by atoms with E-state index in [-0.39, 0.29) is 32.4 Å². The number of aryl methyl sites for hydroxylation is 2. The number of ether oxygens (including phenoxy) is 1. The van der Waals surface area contributed by atoms with Gasteiger partial charge in [-0.25, -0.2) is 0 Å². The van der Waals surface area contributed by atoms with Crippen molar-refractivity contribution in [3.63, 3.8) is 0 Å². The van der Waals surface area contributed by atoms with Crippen molar-refractivity contribution in [2.24, 2.45) is 5.41 Å². The molecule has 9 nitrogen and oxygen atoms in total. The van der Waals surface area contributed by atoms with Crippen LogP contribution in [0.1, 0.15) is 60.8 Å². The van der Waals surface area contributed by atoms with Crippen molar-refractivity contribution < 1.29 is 33.8 Å². The molecule has 0 saturated heterocycles. The fraction of sp³-hybridized carbons (Fsp3) is 0.343. The number of carbonyl (C=O) groups excluding carboxylic acids is 2. The highest BCUT2D eigenvalue weighted by Gasteiger charge is 2.40. The van der Waals surface area contributed by atoms with Gasteiger partial charge in [-0.15, -0.1) is 0 Å². The lowest BCUT2D eigenvalue weighted by molar-refractivity contribution is -0.137. The molecule has 0 bridgehead atoms. The van der Waals surface area contributed by atoms with Crippen LogP contribution in [0, 0.1) is 19.3 Å². The molecule has 1 aliphatic rings. The number of fused-ring (bicyclic) bond motifs is 2. The lowest BCUT2D eigenvalue weighted by Gasteiger charge is -2.32. The molecular weight excluding hydrogens is 596 g/mol. The van der Waals surface area contributed by atoms with Gasteiger partial charge in [0.25, 0.3) is 5.91 Å². The van der Waals surface area contributed by atoms with Crippen LogP contribution in [0.25, 0.3) is 11.0 Å². The number of aliphatic hydroxyl groups is 1. The van der Waals surface area contributed by atoms with Crippen LogP contribution in [-0.2, 0) is 25.5 Å². The van der Waals surface area contributed by atoms with Crippen molar-refractivity contribution in [3.05, 3.63) is 93.7 Å². The van der Waals surface area contributed by atoms with Crippen molar-refractivity contribution in [1.29, 1.82) is 0 Å². The van der Waals surface area contributed by atoms with Crippen molar-refractivity contribution in [3.8, 4) is 0 Å². The van der Waals surface area contributed by atoms with E-state index >= 15 is 0 Å². The van der Waals surface area contributed by atoms with E-state index in [4.69, 9.17) is 25.9 Å². The van der Waals surface area contributed by atoms with E-state index in [1.807, 2.05) is 45.9 Å². The number of hydrogen-bond acceptors (Lipinski definition) is 6. The summed E-state index contributed by atoms with van der Waals surface area (Å²) in [5, 5.41) is 23.1. The maximum atomic E-state index is 14.2. The van der Waals surface area contributed by atoms with Gasteiger partial charge in [-0.05, 0) is 73.0 Å². The number of amides is 2. The number of anilines is 2. The van der Waals surface area contributed by atoms with Crippen LogP contribution >= 0.6 is 11.6 Å². The van der Waals surface area contributed by atoms with E-state index in [9.17, 15) is 19.5 Å². The summed E-state index contributed by atoms with van der Waals surface area (Å²) in [5.41, 5.74) is 4.68. The zero-order valence-electron chi connectivity index (χ0n) is 25.7. The van der Waals surface area contributed by atoms with Crippen molar-refractivity contribution >= 4 is 51.7 Å². The summed E-state index contributed by atoms with van der Waals surface area (Å²) in [4.78, 5) is 40.3. The zero-order chi connectivity index (χ0) is 32.5. The number of carbonyl (C=O) groups is 3. The lowest BCUT2D eigenvalue weighted by Crippen LogP contribution is -2.46. The number of carboxylic acids is 1. The number of hydrogen-bond donors (Lipinski definition) is 3. The lowest BCUT2D eigenvalue weighted by atomic mass is 9.91. The van der Waals surface area contributed by atoms with Crippen LogP contribution in [0.2, 0.25) is 5.02 Å². The van der Waals surface area contributed by atoms with E-state index < -0.39 is 35.4 Å². The molecule has 3 aromatic carbocycles. The van der Waals surface area contributed by atoms with E-state index in [1.54, 1.807) is 47.4 Å². The molecule has 0 spiro atoms. The Kier molecular flexibility index (Phi) is 9.34. The number of halogens is 1. The Bertz CT molecular complexity index is 1760. The number of benzene rings is 3. The van der Waals surface area contributed by atoms with Crippen LogP contribution in [-0.4, -0.2) is 47.3 Å². The Balaban J connectivity index is 1.47. The summed E-state index contributed by atoms with van der Waals surface area (Å²) in [6, 6.07) is 18.1. The molecule has 0 saturated carbocycles. The van der Waals surface area contributed by atoms with Gasteiger partial charge in [-0.2, -0.15) is 0 Å². The fourth-order valence-corrected chi connectivity index (χ4v) is 5.74. The standard InChI is InChI=1S/C35H37ClN2O7/c1-20-6-5-7-26(21(20)2)33-27-16-23(36)8-11-28(27)38(18-35(3,4)19-39)34(43)30(45-33)17-31(40)37-24-9-12-29-22(14-24)15-25(44-29)10-13-32(41)42/h5-9,11-12,14-16,30,33,39H,10,13,17-19H2,1-4H3,(H,37,40)(H,41,42)/t30-,33-/m1/s1. The second-order valence-electron chi connectivity index (χ2n) is 12.4. The minimum atomic E-state index is -1.14. The Hall–Kier alpha value is -4.18. The topological polar surface area (TPSA) is 129 Å². The number of aliphatic carboxylic acids is 1. The smallest absolute Gasteiger partial charge is 0.303 e. The first-order chi connectivity index (χ1) is 21.3. The minimum Gasteiger partial charge on any atom is -0.481 e. The molecular formula is C35H37ClN2O7. The molecule has 5 rings (SSSR count). The molecule has 0 fully saturated rings. The van der Waals surface area contributed by atoms with Gasteiger partial charge < -0.3 is 29.6 Å². The number of furan rings is 1. The highest BCUT2D eigenvalue weighted by atomic mass is 35.5. The van der Waals surface area contributed by atoms with Gasteiger partial charge in [0.15, 0.2) is 0 Å². The SMILES string of the molecule is Cc1cccc([C@H]2O[C@H](CC(=O)Nc3ccc4oc(CCC(=O)O)cc4c3)C(=O)N(CC(C)(C)CO)c3ccc(Cl)cc32)c1C. The predicted molar refractivity (Wildman–Crippen MR) is 173 cm³/mol. The normalized spacial score (nSPS) is 16.8. The summed E-state index contributed by atoms with van der Waals surface area (Å²) in [6.07, 6.45) is -1.88. The minimum absolute atomic E-state index is 0.0511. The molecule has 4 aromatic rings. The second-order valence-corrected chi connectivity index (χ2v) is 12.8. The Morgan fingerprint density at radius 1 is 1.04 bits per heavy atom. The molecule has 236 valence electrons. The third-order valence-electron chi connectivity index (χ3n) is 8.15. The first-order valence-corrected chi connectivity index (χ1v) is 15.2. The first kappa shape index (κ1) is 32.2. The molecule has 45 heavy (non-hydrogen) atoms. The summed E-state index contributed by atoms with van der Waals surface area (Å²) < 4.78 is 12.3. The molecule has 10 heteroatoms. The van der Waals surface area contributed by atoms with Crippen LogP contribution < -0.4 is 10.2 Å². The average Bonchev–Trinajstić information content (AvgIpc) is 3.36. The van der Waals surface area contributed by atoms with Crippen molar-refractivity contribution in [2.75, 3.05) is 23.4 Å². The molecule has 2 heterocycles. The molecule has 3 N–H and O–H groups in total. The first-order valence-electron chi connectivity index (χ1n) is 14.8. The molecule has 0 aliphatic carbocycles. The molecule has 0 radical (unpaired) electrons. The maximum absolute atomic E-state index is 14.2. The summed E-state index contributed by atoms with van der Waals surface area (Å²) in [5.74, 6) is -1.19. The number of rotatable bonds is 10. The highest BCUT2D eigenvalue weighted by molar-refractivity contribution is 6.30. The Morgan fingerprint density at radius 3 is 2.56 bits per heavy atom. The molecule has 0 unspecified atom stereocenters. The van der Waals surface area contributed by atoms with Gasteiger partial charge >= 0.3 is 5.97 Å². The van der Waals surface area contributed by atoms with E-state index in [0.717, 1.165) is 22.1 Å². The van der Waals surface area contributed by atoms with E-state index in [1.165, 1.54) is 0 Å². The highest BCUT2D eigenvalue weighted by Crippen LogP contribution is 2.42. The van der Waals surface area contributed by atoms with E-state index in [0.29, 0.717) is 33.3 Å². The fourth-order valence-electron chi connectivity index (χ4n) is 5.55. The summed E-state index contributed by atoms with van der Waals surface area (Å²) in [6.45, 7) is 7.78. The Labute approximate surface area is 266 Å². The Morgan fingerprint density at radius 2 is 1.82 bits per heavy atom. The summed E-state index contributed by atoms with van der Waals surface area (Å²) in [7, 11) is 0. The van der Waals surface area contributed by atoms with Gasteiger partial charge in [0.05, 0.1) is 12.8 Å². The van der Waals surface area contributed by atoms with Gasteiger partial charge in [-0.1, -0.05) is 43.6 Å². The van der Waals surface area contributed by atoms with Crippen LogP contribution in [0.4, 0.5) is 11.4 Å². The number of aliphatic hydroxyl groups excluding tert-OH is 1. The molecule has 2 amide bonds. The van der Waals surface area contributed by atoms with Crippen LogP contribution in [0.15, 0.2) is 65.1 Å². The van der Waals surface area contributed by atoms with Gasteiger partial charge in [-0.3, -0.25) is 14.4 Å². The quantitative estimate of drug-likeness (QED) is 0.180. The van der Waals surface area contributed by atoms with Crippen molar-refractivity contribution in [2.45, 2.75) is 59.2 Å². The predicted octanol–water partition coefficient (Wildman–Crippen LogP) is 6.59. The zero-order valence-corrected chi connectivity index (χ0v) is 26.5. The van der Waals surface area contributed by atoms with Crippen molar-refractivity contribution in [1.82, 2.24) is 0 Å². The summed E-state index contributed by atoms with van der Waals surface area (Å²) >= 11 is 6.49. The molecule has 1 aromatic heterocycles. The van der Waals surface area contributed by atoms with Crippen LogP contribution in [0.3, 0.4) is 0 Å². The maximum Gasteiger partial charge on any atom is 0.303 e. The number of carboxylic acid groups (broad SMARTS) is 1. The molecule has 2 atom stereocenters. The second kappa shape index (κ2) is 13.0. The van der Waals surface area contributed by atoms with Gasteiger partial charge in [0, 0.05) is 52.3 Å². The monoisotopic (exact) mass is 632 g/mol. The van der Waals surface area contributed by atoms with Gasteiger partial charge in [0.1, 0.15) is 23.6 Å². The average molecular weight is 633 g/mol. The van der Waals surface area contributed by atoms with E-state index in [2.05, 4.69) is 5.32 Å². The van der Waals surface area contributed by atoms with Gasteiger partial charge in [0.2, 0.25) is 5.91 Å². The van der Waals surface area contributed by atoms with Crippen LogP contribution in [0.5, 0.6) is 0 Å². The third-order valence-corrected chi connectivity index (χ3v) is 8.39. The number of nitrogens with zero attached hydrogens (tertiary/aromatic N) is 1. The number of nitrogens with one attached hydrogen (secondary N) is 1.